The van der Waals surface area contributed by atoms with Crippen LogP contribution in [0.4, 0.5) is 5.69 Å². The van der Waals surface area contributed by atoms with Crippen LogP contribution in [0.25, 0.3) is 0 Å². The number of anilines is 1. The standard InChI is InChI=1S/C17H13BrN4/c18-16-5-1-15(2-6-16)12-22(21-10-9-20-13-21)17-7-3-14(11-19)4-8-17/h1-10,13H,12H2. The number of nitriles is 1. The van der Waals surface area contributed by atoms with Gasteiger partial charge in [-0.25, -0.2) is 9.66 Å². The zero-order valence-electron chi connectivity index (χ0n) is 11.7. The Hall–Kier alpha value is -2.58. The maximum Gasteiger partial charge on any atom is 0.114 e. The third-order valence-electron chi connectivity index (χ3n) is 3.31. The van der Waals surface area contributed by atoms with Gasteiger partial charge in [-0.05, 0) is 42.0 Å². The van der Waals surface area contributed by atoms with Crippen LogP contribution in [-0.2, 0) is 6.54 Å². The van der Waals surface area contributed by atoms with Crippen molar-refractivity contribution in [3.05, 3.63) is 82.9 Å². The van der Waals surface area contributed by atoms with Crippen molar-refractivity contribution in [3.63, 3.8) is 0 Å². The van der Waals surface area contributed by atoms with Crippen LogP contribution in [-0.4, -0.2) is 9.66 Å². The van der Waals surface area contributed by atoms with Gasteiger partial charge >= 0.3 is 0 Å². The summed E-state index contributed by atoms with van der Waals surface area (Å²) in [5.41, 5.74) is 2.83. The van der Waals surface area contributed by atoms with E-state index in [9.17, 15) is 0 Å². The Kier molecular flexibility index (Phi) is 4.22. The number of hydrogen-bond acceptors (Lipinski definition) is 3. The molecule has 0 bridgehead atoms. The number of imidazole rings is 1. The predicted molar refractivity (Wildman–Crippen MR) is 89.1 cm³/mol. The molecule has 5 heteroatoms. The third kappa shape index (κ3) is 3.18. The van der Waals surface area contributed by atoms with Crippen LogP contribution in [0.2, 0.25) is 0 Å². The minimum atomic E-state index is 0.651. The average molecular weight is 353 g/mol. The van der Waals surface area contributed by atoms with Crippen LogP contribution < -0.4 is 5.01 Å². The Morgan fingerprint density at radius 1 is 1.09 bits per heavy atom. The molecular weight excluding hydrogens is 340 g/mol. The highest BCUT2D eigenvalue weighted by molar-refractivity contribution is 9.10. The Morgan fingerprint density at radius 3 is 2.41 bits per heavy atom. The Balaban J connectivity index is 1.93. The van der Waals surface area contributed by atoms with Crippen molar-refractivity contribution in [3.8, 4) is 6.07 Å². The van der Waals surface area contributed by atoms with E-state index in [1.54, 1.807) is 12.5 Å². The number of rotatable bonds is 4. The molecule has 0 N–H and O–H groups in total. The van der Waals surface area contributed by atoms with Crippen molar-refractivity contribution in [2.45, 2.75) is 6.54 Å². The van der Waals surface area contributed by atoms with Crippen LogP contribution in [0, 0.1) is 11.3 Å². The highest BCUT2D eigenvalue weighted by Crippen LogP contribution is 2.20. The molecule has 0 aliphatic heterocycles. The highest BCUT2D eigenvalue weighted by atomic mass is 79.9. The highest BCUT2D eigenvalue weighted by Gasteiger charge is 2.09. The fourth-order valence-corrected chi connectivity index (χ4v) is 2.44. The topological polar surface area (TPSA) is 44.9 Å². The lowest BCUT2D eigenvalue weighted by molar-refractivity contribution is 0.688. The quantitative estimate of drug-likeness (QED) is 0.713. The summed E-state index contributed by atoms with van der Waals surface area (Å²) in [6.45, 7) is 0.704. The van der Waals surface area contributed by atoms with Crippen LogP contribution in [0.5, 0.6) is 0 Å². The third-order valence-corrected chi connectivity index (χ3v) is 3.84. The van der Waals surface area contributed by atoms with Gasteiger partial charge in [-0.3, -0.25) is 5.01 Å². The molecule has 0 atom stereocenters. The summed E-state index contributed by atoms with van der Waals surface area (Å²) >= 11 is 3.45. The lowest BCUT2D eigenvalue weighted by atomic mass is 10.2. The maximum absolute atomic E-state index is 8.93. The van der Waals surface area contributed by atoms with Crippen LogP contribution in [0.3, 0.4) is 0 Å². The molecule has 22 heavy (non-hydrogen) atoms. The van der Waals surface area contributed by atoms with Gasteiger partial charge in [-0.15, -0.1) is 0 Å². The predicted octanol–water partition coefficient (Wildman–Crippen LogP) is 3.99. The van der Waals surface area contributed by atoms with E-state index in [1.807, 2.05) is 47.3 Å². The van der Waals surface area contributed by atoms with E-state index >= 15 is 0 Å². The van der Waals surface area contributed by atoms with E-state index in [4.69, 9.17) is 5.26 Å². The van der Waals surface area contributed by atoms with Crippen molar-refractivity contribution in [1.82, 2.24) is 9.66 Å². The van der Waals surface area contributed by atoms with Crippen molar-refractivity contribution >= 4 is 21.6 Å². The van der Waals surface area contributed by atoms with Crippen molar-refractivity contribution in [2.75, 3.05) is 5.01 Å². The molecule has 0 fully saturated rings. The van der Waals surface area contributed by atoms with Gasteiger partial charge < -0.3 is 0 Å². The summed E-state index contributed by atoms with van der Waals surface area (Å²) in [4.78, 5) is 4.12. The second-order valence-corrected chi connectivity index (χ2v) is 5.70. The summed E-state index contributed by atoms with van der Waals surface area (Å²) in [5, 5.41) is 11.0. The van der Waals surface area contributed by atoms with Gasteiger partial charge in [0.1, 0.15) is 6.33 Å². The van der Waals surface area contributed by atoms with E-state index in [-0.39, 0.29) is 0 Å². The van der Waals surface area contributed by atoms with Gasteiger partial charge in [0.2, 0.25) is 0 Å². The summed E-state index contributed by atoms with van der Waals surface area (Å²) in [6, 6.07) is 17.9. The van der Waals surface area contributed by atoms with Gasteiger partial charge in [0.05, 0.1) is 23.9 Å². The normalized spacial score (nSPS) is 10.2. The van der Waals surface area contributed by atoms with Gasteiger partial charge in [0.15, 0.2) is 0 Å². The lowest BCUT2D eigenvalue weighted by Crippen LogP contribution is -2.27. The van der Waals surface area contributed by atoms with E-state index in [1.165, 1.54) is 5.56 Å². The smallest absolute Gasteiger partial charge is 0.114 e. The summed E-state index contributed by atoms with van der Waals surface area (Å²) in [5.74, 6) is 0. The summed E-state index contributed by atoms with van der Waals surface area (Å²) in [6.07, 6.45) is 5.41. The van der Waals surface area contributed by atoms with Gasteiger partial charge in [0, 0.05) is 16.9 Å². The van der Waals surface area contributed by atoms with Crippen molar-refractivity contribution in [2.24, 2.45) is 0 Å². The first-order valence-electron chi connectivity index (χ1n) is 6.76. The second-order valence-electron chi connectivity index (χ2n) is 4.79. The largest absolute Gasteiger partial charge is 0.276 e. The Labute approximate surface area is 137 Å². The summed E-state index contributed by atoms with van der Waals surface area (Å²) < 4.78 is 2.99. The Morgan fingerprint density at radius 2 is 1.82 bits per heavy atom. The first-order valence-corrected chi connectivity index (χ1v) is 7.56. The molecule has 0 aliphatic rings. The van der Waals surface area contributed by atoms with Gasteiger partial charge in [-0.1, -0.05) is 28.1 Å². The monoisotopic (exact) mass is 352 g/mol. The lowest BCUT2D eigenvalue weighted by Gasteiger charge is -2.25. The minimum Gasteiger partial charge on any atom is -0.276 e. The SMILES string of the molecule is N#Cc1ccc(N(Cc2ccc(Br)cc2)n2ccnc2)cc1. The number of hydrogen-bond donors (Lipinski definition) is 0. The average Bonchev–Trinajstić information content (AvgIpc) is 3.09. The fourth-order valence-electron chi connectivity index (χ4n) is 2.17. The molecule has 1 aromatic heterocycles. The number of halogens is 1. The van der Waals surface area contributed by atoms with Gasteiger partial charge in [0.25, 0.3) is 0 Å². The minimum absolute atomic E-state index is 0.651. The van der Waals surface area contributed by atoms with Crippen LogP contribution >= 0.6 is 15.9 Å². The number of nitrogens with zero attached hydrogens (tertiary/aromatic N) is 4. The molecule has 2 aromatic carbocycles. The summed E-state index contributed by atoms with van der Waals surface area (Å²) in [7, 11) is 0. The molecule has 1 heterocycles. The Bertz CT molecular complexity index is 771. The zero-order chi connectivity index (χ0) is 15.4. The van der Waals surface area contributed by atoms with E-state index in [0.717, 1.165) is 10.2 Å². The molecule has 0 aliphatic carbocycles. The zero-order valence-corrected chi connectivity index (χ0v) is 13.3. The van der Waals surface area contributed by atoms with Crippen LogP contribution in [0.1, 0.15) is 11.1 Å². The van der Waals surface area contributed by atoms with E-state index in [2.05, 4.69) is 44.1 Å². The first-order chi connectivity index (χ1) is 10.8. The molecule has 108 valence electrons. The number of benzene rings is 2. The van der Waals surface area contributed by atoms with Crippen molar-refractivity contribution in [1.29, 1.82) is 5.26 Å². The maximum atomic E-state index is 8.93. The second kappa shape index (κ2) is 6.46. The molecule has 0 saturated heterocycles. The van der Waals surface area contributed by atoms with Crippen LogP contribution in [0.15, 0.2) is 71.7 Å². The molecule has 0 radical (unpaired) electrons. The van der Waals surface area contributed by atoms with E-state index < -0.39 is 0 Å². The van der Waals surface area contributed by atoms with E-state index in [0.29, 0.717) is 12.1 Å². The molecule has 0 amide bonds. The first kappa shape index (κ1) is 14.4. The molecule has 3 aromatic rings. The molecule has 0 saturated carbocycles. The molecule has 0 spiro atoms. The number of aromatic nitrogens is 2. The van der Waals surface area contributed by atoms with Crippen molar-refractivity contribution < 1.29 is 0 Å². The molecule has 3 rings (SSSR count). The molecule has 4 nitrogen and oxygen atoms in total. The molecular formula is C17H13BrN4. The molecule has 0 unspecified atom stereocenters. The fraction of sp³-hybridized carbons (Fsp3) is 0.0588. The van der Waals surface area contributed by atoms with Gasteiger partial charge in [-0.2, -0.15) is 5.26 Å².